The molecule has 2 aromatic rings. The van der Waals surface area contributed by atoms with Crippen LogP contribution in [0.1, 0.15) is 27.8 Å². The number of fused-ring (bicyclic) bond motifs is 1. The first-order valence-electron chi connectivity index (χ1n) is 7.09. The van der Waals surface area contributed by atoms with Crippen molar-refractivity contribution < 1.29 is 0 Å². The lowest BCUT2D eigenvalue weighted by atomic mass is 10.1. The highest BCUT2D eigenvalue weighted by Gasteiger charge is 2.22. The number of rotatable bonds is 4. The van der Waals surface area contributed by atoms with E-state index >= 15 is 0 Å². The van der Waals surface area contributed by atoms with E-state index in [-0.39, 0.29) is 0 Å². The first-order chi connectivity index (χ1) is 9.20. The molecular formula is C17H21NS. The Balaban J connectivity index is 1.55. The molecule has 0 spiro atoms. The predicted molar refractivity (Wildman–Crippen MR) is 83.0 cm³/mol. The topological polar surface area (TPSA) is 12.0 Å². The molecule has 1 aliphatic rings. The molecule has 1 heterocycles. The van der Waals surface area contributed by atoms with Crippen molar-refractivity contribution in [1.29, 1.82) is 0 Å². The zero-order valence-electron chi connectivity index (χ0n) is 11.6. The lowest BCUT2D eigenvalue weighted by Gasteiger charge is -2.18. The molecule has 0 saturated heterocycles. The minimum absolute atomic E-state index is 0.553. The Bertz CT molecular complexity index is 533. The van der Waals surface area contributed by atoms with Crippen LogP contribution < -0.4 is 5.32 Å². The van der Waals surface area contributed by atoms with Crippen molar-refractivity contribution in [2.45, 2.75) is 45.2 Å². The number of thiophene rings is 1. The minimum atomic E-state index is 0.553. The summed E-state index contributed by atoms with van der Waals surface area (Å²) in [7, 11) is 0. The van der Waals surface area contributed by atoms with Crippen molar-refractivity contribution in [2.24, 2.45) is 0 Å². The molecule has 1 N–H and O–H groups in total. The molecule has 0 amide bonds. The highest BCUT2D eigenvalue weighted by Crippen LogP contribution is 2.23. The first-order valence-corrected chi connectivity index (χ1v) is 7.90. The molecule has 0 saturated carbocycles. The number of nitrogens with one attached hydrogen (secondary N) is 1. The number of hydrogen-bond acceptors (Lipinski definition) is 2. The molecule has 2 heteroatoms. The van der Waals surface area contributed by atoms with Gasteiger partial charge in [-0.15, -0.1) is 11.3 Å². The van der Waals surface area contributed by atoms with Gasteiger partial charge in [-0.3, -0.25) is 0 Å². The number of aryl methyl sites for hydroxylation is 1. The summed E-state index contributed by atoms with van der Waals surface area (Å²) < 4.78 is 0. The van der Waals surface area contributed by atoms with Gasteiger partial charge in [0, 0.05) is 21.8 Å². The summed E-state index contributed by atoms with van der Waals surface area (Å²) in [5.41, 5.74) is 3.05. The third kappa shape index (κ3) is 3.07. The Kier molecular flexibility index (Phi) is 3.72. The van der Waals surface area contributed by atoms with Crippen LogP contribution in [-0.4, -0.2) is 12.1 Å². The maximum absolute atomic E-state index is 3.79. The molecule has 100 valence electrons. The Labute approximate surface area is 119 Å². The van der Waals surface area contributed by atoms with E-state index in [1.165, 1.54) is 33.7 Å². The Morgan fingerprint density at radius 3 is 2.42 bits per heavy atom. The molecule has 3 rings (SSSR count). The van der Waals surface area contributed by atoms with Gasteiger partial charge in [0.2, 0.25) is 0 Å². The van der Waals surface area contributed by atoms with Gasteiger partial charge in [0.15, 0.2) is 0 Å². The van der Waals surface area contributed by atoms with E-state index in [1.807, 2.05) is 11.3 Å². The lowest BCUT2D eigenvalue weighted by Crippen LogP contribution is -2.38. The standard InChI is InChI=1S/C17H21NS/c1-12(9-17-8-7-13(2)19-17)18-16-10-14-5-3-4-6-15(14)11-16/h3-8,12,16,18H,9-11H2,1-2H3. The largest absolute Gasteiger partial charge is 0.310 e. The minimum Gasteiger partial charge on any atom is -0.310 e. The average molecular weight is 271 g/mol. The van der Waals surface area contributed by atoms with Gasteiger partial charge in [0.05, 0.1) is 0 Å². The highest BCUT2D eigenvalue weighted by atomic mass is 32.1. The fourth-order valence-corrected chi connectivity index (χ4v) is 4.05. The van der Waals surface area contributed by atoms with Gasteiger partial charge in [0.1, 0.15) is 0 Å². The maximum Gasteiger partial charge on any atom is 0.0151 e. The number of hydrogen-bond donors (Lipinski definition) is 1. The Hall–Kier alpha value is -1.12. The van der Waals surface area contributed by atoms with Crippen LogP contribution in [0.5, 0.6) is 0 Å². The quantitative estimate of drug-likeness (QED) is 0.893. The van der Waals surface area contributed by atoms with Crippen LogP contribution in [0.15, 0.2) is 36.4 Å². The van der Waals surface area contributed by atoms with Gasteiger partial charge in [-0.05, 0) is 56.4 Å². The van der Waals surface area contributed by atoms with E-state index < -0.39 is 0 Å². The Morgan fingerprint density at radius 2 is 1.84 bits per heavy atom. The molecule has 0 radical (unpaired) electrons. The summed E-state index contributed by atoms with van der Waals surface area (Å²) in [6.07, 6.45) is 3.51. The molecule has 1 aromatic heterocycles. The number of benzene rings is 1. The second-order valence-corrected chi connectivity index (χ2v) is 7.03. The van der Waals surface area contributed by atoms with Crippen molar-refractivity contribution in [3.8, 4) is 0 Å². The third-order valence-corrected chi connectivity index (χ3v) is 4.90. The van der Waals surface area contributed by atoms with Gasteiger partial charge in [-0.25, -0.2) is 0 Å². The zero-order chi connectivity index (χ0) is 13.2. The van der Waals surface area contributed by atoms with Gasteiger partial charge in [-0.1, -0.05) is 24.3 Å². The summed E-state index contributed by atoms with van der Waals surface area (Å²) >= 11 is 1.92. The second kappa shape index (κ2) is 5.48. The summed E-state index contributed by atoms with van der Waals surface area (Å²) in [6, 6.07) is 14.5. The third-order valence-electron chi connectivity index (χ3n) is 3.87. The molecular weight excluding hydrogens is 250 g/mol. The van der Waals surface area contributed by atoms with Crippen molar-refractivity contribution in [1.82, 2.24) is 5.32 Å². The fourth-order valence-electron chi connectivity index (χ4n) is 3.03. The van der Waals surface area contributed by atoms with Gasteiger partial charge < -0.3 is 5.32 Å². The van der Waals surface area contributed by atoms with Gasteiger partial charge >= 0.3 is 0 Å². The molecule has 1 aliphatic carbocycles. The maximum atomic E-state index is 3.79. The fraction of sp³-hybridized carbons (Fsp3) is 0.412. The Morgan fingerprint density at radius 1 is 1.16 bits per heavy atom. The summed E-state index contributed by atoms with van der Waals surface area (Å²) in [5, 5.41) is 3.79. The van der Waals surface area contributed by atoms with E-state index in [9.17, 15) is 0 Å². The SMILES string of the molecule is Cc1ccc(CC(C)NC2Cc3ccccc3C2)s1. The molecule has 0 fully saturated rings. The molecule has 1 nitrogen and oxygen atoms in total. The normalized spacial score (nSPS) is 16.5. The summed E-state index contributed by atoms with van der Waals surface area (Å²) in [4.78, 5) is 2.91. The van der Waals surface area contributed by atoms with E-state index in [4.69, 9.17) is 0 Å². The summed E-state index contributed by atoms with van der Waals surface area (Å²) in [6.45, 7) is 4.48. The first kappa shape index (κ1) is 12.9. The van der Waals surface area contributed by atoms with Crippen molar-refractivity contribution >= 4 is 11.3 Å². The highest BCUT2D eigenvalue weighted by molar-refractivity contribution is 7.11. The van der Waals surface area contributed by atoms with Gasteiger partial charge in [0.25, 0.3) is 0 Å². The van der Waals surface area contributed by atoms with Crippen LogP contribution in [0.3, 0.4) is 0 Å². The summed E-state index contributed by atoms with van der Waals surface area (Å²) in [5.74, 6) is 0. The van der Waals surface area contributed by atoms with Gasteiger partial charge in [-0.2, -0.15) is 0 Å². The van der Waals surface area contributed by atoms with Crippen LogP contribution in [0, 0.1) is 6.92 Å². The van der Waals surface area contributed by atoms with Crippen LogP contribution >= 0.6 is 11.3 Å². The van der Waals surface area contributed by atoms with Crippen LogP contribution in [-0.2, 0) is 19.3 Å². The van der Waals surface area contributed by atoms with Crippen molar-refractivity contribution in [3.63, 3.8) is 0 Å². The predicted octanol–water partition coefficient (Wildman–Crippen LogP) is 3.74. The van der Waals surface area contributed by atoms with Crippen LogP contribution in [0.2, 0.25) is 0 Å². The molecule has 19 heavy (non-hydrogen) atoms. The van der Waals surface area contributed by atoms with E-state index in [1.54, 1.807) is 0 Å². The van der Waals surface area contributed by atoms with Crippen LogP contribution in [0.25, 0.3) is 0 Å². The van der Waals surface area contributed by atoms with E-state index in [2.05, 4.69) is 55.6 Å². The zero-order valence-corrected chi connectivity index (χ0v) is 12.5. The molecule has 0 aliphatic heterocycles. The monoisotopic (exact) mass is 271 g/mol. The average Bonchev–Trinajstić information content (AvgIpc) is 2.94. The van der Waals surface area contributed by atoms with E-state index in [0.717, 1.165) is 6.42 Å². The molecule has 1 unspecified atom stereocenters. The van der Waals surface area contributed by atoms with Crippen molar-refractivity contribution in [3.05, 3.63) is 57.3 Å². The second-order valence-electron chi connectivity index (χ2n) is 5.66. The molecule has 1 atom stereocenters. The molecule has 1 aromatic carbocycles. The van der Waals surface area contributed by atoms with E-state index in [0.29, 0.717) is 12.1 Å². The smallest absolute Gasteiger partial charge is 0.0151 e. The molecule has 0 bridgehead atoms. The lowest BCUT2D eigenvalue weighted by molar-refractivity contribution is 0.455. The van der Waals surface area contributed by atoms with Crippen molar-refractivity contribution in [2.75, 3.05) is 0 Å². The van der Waals surface area contributed by atoms with Crippen LogP contribution in [0.4, 0.5) is 0 Å².